The molecule has 2 nitrogen and oxygen atoms in total. The molecule has 4 aromatic rings. The molecule has 0 aliphatic carbocycles. The zero-order chi connectivity index (χ0) is 19.6. The van der Waals surface area contributed by atoms with Gasteiger partial charge in [-0.05, 0) is 42.8 Å². The van der Waals surface area contributed by atoms with Crippen LogP contribution in [-0.4, -0.2) is 9.97 Å². The fourth-order valence-corrected chi connectivity index (χ4v) is 5.16. The molecule has 2 aromatic heterocycles. The minimum absolute atomic E-state index is 0.491. The maximum absolute atomic E-state index is 4.89. The molecule has 4 rings (SSSR count). The van der Waals surface area contributed by atoms with Crippen molar-refractivity contribution in [3.63, 3.8) is 0 Å². The van der Waals surface area contributed by atoms with Gasteiger partial charge in [-0.1, -0.05) is 86.6 Å². The Hall–Kier alpha value is -2.83. The standard InChI is InChI=1S/C23H19N2P.C2H6/c1-3-11-20(12-4-1)26(21-13-5-2-6-14-21)18-19-10-9-16-23(25-19)22-15-7-8-17-24-22;1-2/h1-17H,18H2;1-2H3. The molecule has 0 radical (unpaired) electrons. The third kappa shape index (κ3) is 5.12. The lowest BCUT2D eigenvalue weighted by Gasteiger charge is -2.18. The summed E-state index contributed by atoms with van der Waals surface area (Å²) in [7, 11) is -0.491. The molecule has 3 heteroatoms. The number of rotatable bonds is 5. The molecular formula is C25H25N2P. The van der Waals surface area contributed by atoms with Gasteiger partial charge in [0.05, 0.1) is 11.4 Å². The van der Waals surface area contributed by atoms with Gasteiger partial charge >= 0.3 is 0 Å². The second kappa shape index (κ2) is 10.5. The summed E-state index contributed by atoms with van der Waals surface area (Å²) in [6.45, 7) is 4.00. The number of aromatic nitrogens is 2. The molecule has 0 unspecified atom stereocenters. The van der Waals surface area contributed by atoms with Crippen molar-refractivity contribution in [3.05, 3.63) is 109 Å². The van der Waals surface area contributed by atoms with Crippen LogP contribution in [0.1, 0.15) is 19.5 Å². The van der Waals surface area contributed by atoms with Crippen LogP contribution in [0.2, 0.25) is 0 Å². The molecule has 28 heavy (non-hydrogen) atoms. The fourth-order valence-electron chi connectivity index (χ4n) is 2.93. The van der Waals surface area contributed by atoms with Gasteiger partial charge in [-0.2, -0.15) is 0 Å². The molecule has 0 saturated heterocycles. The largest absolute Gasteiger partial charge is 0.255 e. The predicted octanol–water partition coefficient (Wildman–Crippen LogP) is 5.80. The molecule has 2 aromatic carbocycles. The van der Waals surface area contributed by atoms with Crippen molar-refractivity contribution in [3.8, 4) is 11.4 Å². The van der Waals surface area contributed by atoms with Crippen molar-refractivity contribution in [1.29, 1.82) is 0 Å². The lowest BCUT2D eigenvalue weighted by atomic mass is 10.2. The van der Waals surface area contributed by atoms with Crippen LogP contribution in [0.4, 0.5) is 0 Å². The predicted molar refractivity (Wildman–Crippen MR) is 122 cm³/mol. The Balaban J connectivity index is 0.00000109. The first kappa shape index (κ1) is 19.9. The Morgan fingerprint density at radius 3 is 1.75 bits per heavy atom. The highest BCUT2D eigenvalue weighted by Crippen LogP contribution is 2.37. The summed E-state index contributed by atoms with van der Waals surface area (Å²) < 4.78 is 0. The summed E-state index contributed by atoms with van der Waals surface area (Å²) in [5.41, 5.74) is 2.95. The number of nitrogens with zero attached hydrogens (tertiary/aromatic N) is 2. The van der Waals surface area contributed by atoms with E-state index >= 15 is 0 Å². The summed E-state index contributed by atoms with van der Waals surface area (Å²) in [4.78, 5) is 9.32. The first-order valence-corrected chi connectivity index (χ1v) is 11.2. The van der Waals surface area contributed by atoms with Gasteiger partial charge in [0, 0.05) is 18.1 Å². The van der Waals surface area contributed by atoms with Crippen LogP contribution in [0.5, 0.6) is 0 Å². The first-order chi connectivity index (χ1) is 13.9. The van der Waals surface area contributed by atoms with Gasteiger partial charge in [-0.15, -0.1) is 0 Å². The molecule has 0 amide bonds. The second-order valence-electron chi connectivity index (χ2n) is 5.99. The topological polar surface area (TPSA) is 25.8 Å². The molecule has 0 saturated carbocycles. The van der Waals surface area contributed by atoms with E-state index in [1.165, 1.54) is 10.6 Å². The van der Waals surface area contributed by atoms with E-state index in [0.717, 1.165) is 23.2 Å². The summed E-state index contributed by atoms with van der Waals surface area (Å²) in [5.74, 6) is 0. The molecular weight excluding hydrogens is 359 g/mol. The van der Waals surface area contributed by atoms with Crippen molar-refractivity contribution < 1.29 is 0 Å². The van der Waals surface area contributed by atoms with Crippen molar-refractivity contribution in [1.82, 2.24) is 9.97 Å². The maximum atomic E-state index is 4.89. The van der Waals surface area contributed by atoms with E-state index in [0.29, 0.717) is 0 Å². The lowest BCUT2D eigenvalue weighted by molar-refractivity contribution is 1.15. The molecule has 0 spiro atoms. The van der Waals surface area contributed by atoms with Crippen LogP contribution >= 0.6 is 7.92 Å². The summed E-state index contributed by atoms with van der Waals surface area (Å²) in [5, 5.41) is 2.75. The Bertz CT molecular complexity index is 918. The molecule has 0 bridgehead atoms. The third-order valence-electron chi connectivity index (χ3n) is 4.19. The molecule has 0 aliphatic heterocycles. The van der Waals surface area contributed by atoms with Gasteiger partial charge in [0.15, 0.2) is 0 Å². The van der Waals surface area contributed by atoms with Gasteiger partial charge < -0.3 is 0 Å². The van der Waals surface area contributed by atoms with Crippen molar-refractivity contribution in [2.45, 2.75) is 20.0 Å². The number of pyridine rings is 2. The SMILES string of the molecule is CC.c1ccc(P(Cc2cccc(-c3ccccn3)n2)c2ccccc2)cc1. The summed E-state index contributed by atoms with van der Waals surface area (Å²) in [6, 6.07) is 33.7. The summed E-state index contributed by atoms with van der Waals surface area (Å²) >= 11 is 0. The van der Waals surface area contributed by atoms with Crippen LogP contribution < -0.4 is 10.6 Å². The minimum atomic E-state index is -0.491. The minimum Gasteiger partial charge on any atom is -0.255 e. The van der Waals surface area contributed by atoms with E-state index in [2.05, 4.69) is 77.8 Å². The van der Waals surface area contributed by atoms with Gasteiger partial charge in [0.1, 0.15) is 0 Å². The average molecular weight is 384 g/mol. The van der Waals surface area contributed by atoms with Crippen LogP contribution in [0.25, 0.3) is 11.4 Å². The van der Waals surface area contributed by atoms with Crippen molar-refractivity contribution in [2.24, 2.45) is 0 Å². The number of hydrogen-bond acceptors (Lipinski definition) is 2. The molecule has 0 N–H and O–H groups in total. The van der Waals surface area contributed by atoms with E-state index in [9.17, 15) is 0 Å². The molecule has 0 fully saturated rings. The zero-order valence-electron chi connectivity index (χ0n) is 16.4. The van der Waals surface area contributed by atoms with Crippen molar-refractivity contribution in [2.75, 3.05) is 0 Å². The summed E-state index contributed by atoms with van der Waals surface area (Å²) in [6.07, 6.45) is 2.73. The smallest absolute Gasteiger partial charge is 0.0889 e. The van der Waals surface area contributed by atoms with Gasteiger partial charge in [-0.3, -0.25) is 9.97 Å². The highest BCUT2D eigenvalue weighted by Gasteiger charge is 2.15. The van der Waals surface area contributed by atoms with E-state index in [-0.39, 0.29) is 0 Å². The van der Waals surface area contributed by atoms with Gasteiger partial charge in [0.25, 0.3) is 0 Å². The number of hydrogen-bond donors (Lipinski definition) is 0. The van der Waals surface area contributed by atoms with E-state index < -0.39 is 7.92 Å². The lowest BCUT2D eigenvalue weighted by Crippen LogP contribution is -2.13. The molecule has 0 aliphatic rings. The first-order valence-electron chi connectivity index (χ1n) is 9.65. The van der Waals surface area contributed by atoms with E-state index in [1.807, 2.05) is 44.3 Å². The Labute approximate surface area is 169 Å². The highest BCUT2D eigenvalue weighted by atomic mass is 31.1. The maximum Gasteiger partial charge on any atom is 0.0889 e. The number of benzene rings is 2. The van der Waals surface area contributed by atoms with E-state index in [1.54, 1.807) is 0 Å². The van der Waals surface area contributed by atoms with E-state index in [4.69, 9.17) is 4.98 Å². The van der Waals surface area contributed by atoms with Crippen LogP contribution in [0, 0.1) is 0 Å². The monoisotopic (exact) mass is 384 g/mol. The molecule has 0 atom stereocenters. The van der Waals surface area contributed by atoms with Crippen LogP contribution in [-0.2, 0) is 6.16 Å². The second-order valence-corrected chi connectivity index (χ2v) is 8.19. The zero-order valence-corrected chi connectivity index (χ0v) is 17.3. The Kier molecular flexibility index (Phi) is 7.46. The third-order valence-corrected chi connectivity index (χ3v) is 6.67. The van der Waals surface area contributed by atoms with Gasteiger partial charge in [-0.25, -0.2) is 0 Å². The van der Waals surface area contributed by atoms with Crippen LogP contribution in [0.3, 0.4) is 0 Å². The highest BCUT2D eigenvalue weighted by molar-refractivity contribution is 7.72. The van der Waals surface area contributed by atoms with Crippen molar-refractivity contribution >= 4 is 18.5 Å². The normalized spacial score (nSPS) is 10.2. The Morgan fingerprint density at radius 2 is 1.18 bits per heavy atom. The van der Waals surface area contributed by atoms with Gasteiger partial charge in [0.2, 0.25) is 0 Å². The molecule has 140 valence electrons. The van der Waals surface area contributed by atoms with Crippen LogP contribution in [0.15, 0.2) is 103 Å². The fraction of sp³-hybridized carbons (Fsp3) is 0.120. The Morgan fingerprint density at radius 1 is 0.607 bits per heavy atom. The average Bonchev–Trinajstić information content (AvgIpc) is 2.81. The quantitative estimate of drug-likeness (QED) is 0.406. The molecule has 2 heterocycles.